The molecule has 0 bridgehead atoms. The first-order chi connectivity index (χ1) is 8.05. The van der Waals surface area contributed by atoms with Gasteiger partial charge in [-0.15, -0.1) is 0 Å². The van der Waals surface area contributed by atoms with E-state index in [1.165, 1.54) is 7.11 Å². The SMILES string of the molecule is COS(=O)(=O)CC1(OCc2ccccc2)CC1. The van der Waals surface area contributed by atoms with Crippen LogP contribution in [-0.2, 0) is 25.6 Å². The fourth-order valence-electron chi connectivity index (χ4n) is 1.66. The molecule has 0 aromatic heterocycles. The maximum atomic E-state index is 11.4. The van der Waals surface area contributed by atoms with Gasteiger partial charge in [-0.05, 0) is 18.4 Å². The summed E-state index contributed by atoms with van der Waals surface area (Å²) in [5.41, 5.74) is 0.526. The third-order valence-corrected chi connectivity index (χ3v) is 4.28. The zero-order valence-electron chi connectivity index (χ0n) is 9.76. The quantitative estimate of drug-likeness (QED) is 0.727. The minimum absolute atomic E-state index is 0.0522. The third kappa shape index (κ3) is 3.52. The predicted molar refractivity (Wildman–Crippen MR) is 64.0 cm³/mol. The molecule has 0 atom stereocenters. The van der Waals surface area contributed by atoms with Crippen molar-refractivity contribution < 1.29 is 17.3 Å². The van der Waals surface area contributed by atoms with Crippen molar-refractivity contribution in [2.75, 3.05) is 12.9 Å². The molecule has 94 valence electrons. The Balaban J connectivity index is 1.91. The van der Waals surface area contributed by atoms with Gasteiger partial charge in [-0.1, -0.05) is 30.3 Å². The molecule has 0 unspecified atom stereocenters. The van der Waals surface area contributed by atoms with E-state index in [1.807, 2.05) is 30.3 Å². The van der Waals surface area contributed by atoms with Gasteiger partial charge >= 0.3 is 0 Å². The largest absolute Gasteiger partial charge is 0.369 e. The van der Waals surface area contributed by atoms with Gasteiger partial charge < -0.3 is 4.74 Å². The highest BCUT2D eigenvalue weighted by Crippen LogP contribution is 2.41. The normalized spacial score (nSPS) is 17.9. The molecular weight excluding hydrogens is 240 g/mol. The number of benzene rings is 1. The second kappa shape index (κ2) is 4.76. The van der Waals surface area contributed by atoms with E-state index in [1.54, 1.807) is 0 Å². The molecule has 1 aromatic rings. The lowest BCUT2D eigenvalue weighted by Crippen LogP contribution is -2.26. The summed E-state index contributed by atoms with van der Waals surface area (Å²) >= 11 is 0. The lowest BCUT2D eigenvalue weighted by Gasteiger charge is -2.15. The van der Waals surface area contributed by atoms with Gasteiger partial charge in [-0.3, -0.25) is 4.18 Å². The molecule has 0 amide bonds. The summed E-state index contributed by atoms with van der Waals surface area (Å²) in [6.45, 7) is 0.445. The van der Waals surface area contributed by atoms with E-state index >= 15 is 0 Å². The Morgan fingerprint density at radius 3 is 2.41 bits per heavy atom. The summed E-state index contributed by atoms with van der Waals surface area (Å²) in [6, 6.07) is 9.72. The van der Waals surface area contributed by atoms with Crippen molar-refractivity contribution in [3.63, 3.8) is 0 Å². The summed E-state index contributed by atoms with van der Waals surface area (Å²) in [5, 5.41) is 0. The Bertz CT molecular complexity index is 463. The third-order valence-electron chi connectivity index (χ3n) is 2.89. The molecular formula is C12H16O4S. The van der Waals surface area contributed by atoms with Crippen molar-refractivity contribution >= 4 is 10.1 Å². The molecule has 5 heteroatoms. The maximum Gasteiger partial charge on any atom is 0.269 e. The molecule has 0 radical (unpaired) electrons. The highest BCUT2D eigenvalue weighted by atomic mass is 32.2. The second-order valence-corrected chi connectivity index (χ2v) is 6.06. The van der Waals surface area contributed by atoms with Gasteiger partial charge in [-0.2, -0.15) is 8.42 Å². The smallest absolute Gasteiger partial charge is 0.269 e. The van der Waals surface area contributed by atoms with Crippen molar-refractivity contribution in [3.05, 3.63) is 35.9 Å². The van der Waals surface area contributed by atoms with Crippen LogP contribution in [0.2, 0.25) is 0 Å². The van der Waals surface area contributed by atoms with E-state index in [4.69, 9.17) is 4.74 Å². The van der Waals surface area contributed by atoms with Gasteiger partial charge in [0.1, 0.15) is 5.75 Å². The topological polar surface area (TPSA) is 52.6 Å². The zero-order chi connectivity index (χ0) is 12.4. The highest BCUT2D eigenvalue weighted by molar-refractivity contribution is 7.86. The molecule has 0 spiro atoms. The molecule has 0 saturated heterocycles. The monoisotopic (exact) mass is 256 g/mol. The zero-order valence-corrected chi connectivity index (χ0v) is 10.6. The summed E-state index contributed by atoms with van der Waals surface area (Å²) in [7, 11) is -2.26. The van der Waals surface area contributed by atoms with Crippen LogP contribution in [0, 0.1) is 0 Å². The van der Waals surface area contributed by atoms with Crippen LogP contribution in [0.3, 0.4) is 0 Å². The van der Waals surface area contributed by atoms with Crippen LogP contribution in [0.15, 0.2) is 30.3 Å². The molecule has 1 aromatic carbocycles. The highest BCUT2D eigenvalue weighted by Gasteiger charge is 2.47. The average Bonchev–Trinajstić information content (AvgIpc) is 3.08. The minimum Gasteiger partial charge on any atom is -0.369 e. The van der Waals surface area contributed by atoms with Crippen molar-refractivity contribution in [1.29, 1.82) is 0 Å². The van der Waals surface area contributed by atoms with Crippen molar-refractivity contribution in [3.8, 4) is 0 Å². The first-order valence-electron chi connectivity index (χ1n) is 5.51. The van der Waals surface area contributed by atoms with E-state index in [2.05, 4.69) is 4.18 Å². The van der Waals surface area contributed by atoms with Crippen LogP contribution in [0.25, 0.3) is 0 Å². The summed E-state index contributed by atoms with van der Waals surface area (Å²) in [5.74, 6) is -0.0522. The van der Waals surface area contributed by atoms with Gasteiger partial charge in [0.05, 0.1) is 19.3 Å². The minimum atomic E-state index is -3.44. The predicted octanol–water partition coefficient (Wildman–Crippen LogP) is 1.71. The Morgan fingerprint density at radius 1 is 1.24 bits per heavy atom. The Morgan fingerprint density at radius 2 is 1.88 bits per heavy atom. The Labute approximate surface area is 102 Å². The van der Waals surface area contributed by atoms with Crippen LogP contribution < -0.4 is 0 Å². The van der Waals surface area contributed by atoms with Gasteiger partial charge in [0.2, 0.25) is 0 Å². The molecule has 4 nitrogen and oxygen atoms in total. The van der Waals surface area contributed by atoms with Gasteiger partial charge in [-0.25, -0.2) is 0 Å². The van der Waals surface area contributed by atoms with Crippen LogP contribution in [-0.4, -0.2) is 26.9 Å². The van der Waals surface area contributed by atoms with E-state index in [0.29, 0.717) is 6.61 Å². The number of rotatable bonds is 6. The van der Waals surface area contributed by atoms with Gasteiger partial charge in [0.25, 0.3) is 10.1 Å². The number of ether oxygens (including phenoxy) is 1. The molecule has 2 rings (SSSR count). The Kier molecular flexibility index (Phi) is 3.51. The van der Waals surface area contributed by atoms with E-state index in [9.17, 15) is 8.42 Å². The first kappa shape index (κ1) is 12.5. The molecule has 1 saturated carbocycles. The van der Waals surface area contributed by atoms with Crippen LogP contribution in [0.5, 0.6) is 0 Å². The van der Waals surface area contributed by atoms with Crippen molar-refractivity contribution in [1.82, 2.24) is 0 Å². The number of hydrogen-bond donors (Lipinski definition) is 0. The second-order valence-electron chi connectivity index (χ2n) is 4.33. The molecule has 0 aliphatic heterocycles. The lowest BCUT2D eigenvalue weighted by atomic mass is 10.2. The number of hydrogen-bond acceptors (Lipinski definition) is 4. The standard InChI is InChI=1S/C12H16O4S/c1-15-17(13,14)10-12(7-8-12)16-9-11-5-3-2-4-6-11/h2-6H,7-10H2,1H3. The maximum absolute atomic E-state index is 11.4. The molecule has 1 aliphatic carbocycles. The molecule has 1 fully saturated rings. The molecule has 0 heterocycles. The van der Waals surface area contributed by atoms with E-state index < -0.39 is 15.7 Å². The fraction of sp³-hybridized carbons (Fsp3) is 0.500. The van der Waals surface area contributed by atoms with Gasteiger partial charge in [0.15, 0.2) is 0 Å². The molecule has 0 N–H and O–H groups in total. The van der Waals surface area contributed by atoms with Crippen LogP contribution >= 0.6 is 0 Å². The van der Waals surface area contributed by atoms with Crippen molar-refractivity contribution in [2.45, 2.75) is 25.0 Å². The summed E-state index contributed by atoms with van der Waals surface area (Å²) in [6.07, 6.45) is 1.56. The van der Waals surface area contributed by atoms with Crippen molar-refractivity contribution in [2.24, 2.45) is 0 Å². The van der Waals surface area contributed by atoms with Crippen LogP contribution in [0.1, 0.15) is 18.4 Å². The van der Waals surface area contributed by atoms with Gasteiger partial charge in [0, 0.05) is 0 Å². The molecule has 1 aliphatic rings. The lowest BCUT2D eigenvalue weighted by molar-refractivity contribution is 0.0345. The first-order valence-corrected chi connectivity index (χ1v) is 7.09. The summed E-state index contributed by atoms with van der Waals surface area (Å²) in [4.78, 5) is 0. The molecule has 17 heavy (non-hydrogen) atoms. The van der Waals surface area contributed by atoms with E-state index in [-0.39, 0.29) is 5.75 Å². The summed E-state index contributed by atoms with van der Waals surface area (Å²) < 4.78 is 32.9. The van der Waals surface area contributed by atoms with E-state index in [0.717, 1.165) is 18.4 Å². The fourth-order valence-corrected chi connectivity index (χ4v) is 2.80. The van der Waals surface area contributed by atoms with Crippen LogP contribution in [0.4, 0.5) is 0 Å². The average molecular weight is 256 g/mol. The Hall–Kier alpha value is -0.910.